The molecular formula is C18H25N4O3+. The maximum Gasteiger partial charge on any atom is 0.306 e. The number of hydrogen-bond donors (Lipinski definition) is 3. The van der Waals surface area contributed by atoms with E-state index in [1.807, 2.05) is 17.8 Å². The number of aryl methyl sites for hydroxylation is 1. The number of carbonyl (C=O) groups excluding carboxylic acids is 2. The number of nitrogens with zero attached hydrogens (tertiary/aromatic N) is 2. The number of aromatic amines is 1. The highest BCUT2D eigenvalue weighted by molar-refractivity contribution is 6.04. The lowest BCUT2D eigenvalue weighted by atomic mass is 9.94. The minimum Gasteiger partial charge on any atom is -0.388 e. The van der Waals surface area contributed by atoms with Gasteiger partial charge in [-0.3, -0.25) is 4.79 Å². The molecule has 1 aliphatic rings. The molecule has 1 atom stereocenters. The van der Waals surface area contributed by atoms with Crippen molar-refractivity contribution in [3.63, 3.8) is 0 Å². The van der Waals surface area contributed by atoms with Crippen LogP contribution in [-0.2, 0) is 11.8 Å². The van der Waals surface area contributed by atoms with Crippen LogP contribution in [-0.4, -0.2) is 38.9 Å². The summed E-state index contributed by atoms with van der Waals surface area (Å²) < 4.78 is 1.95. The van der Waals surface area contributed by atoms with Gasteiger partial charge in [-0.25, -0.2) is 14.5 Å². The van der Waals surface area contributed by atoms with E-state index in [1.54, 1.807) is 20.0 Å². The van der Waals surface area contributed by atoms with Crippen molar-refractivity contribution >= 4 is 23.4 Å². The fraction of sp³-hybridized carbons (Fsp3) is 0.556. The van der Waals surface area contributed by atoms with Crippen molar-refractivity contribution in [3.8, 4) is 0 Å². The summed E-state index contributed by atoms with van der Waals surface area (Å²) in [6.07, 6.45) is 7.37. The number of nitrogens with one attached hydrogen (secondary N) is 2. The van der Waals surface area contributed by atoms with Crippen LogP contribution in [0.1, 0.15) is 61.5 Å². The number of carbonyl (C=O) groups is 2. The van der Waals surface area contributed by atoms with Gasteiger partial charge in [0.2, 0.25) is 0 Å². The molecule has 2 aromatic rings. The molecule has 0 bridgehead atoms. The van der Waals surface area contributed by atoms with E-state index in [0.29, 0.717) is 23.4 Å². The largest absolute Gasteiger partial charge is 0.388 e. The first-order valence-corrected chi connectivity index (χ1v) is 8.65. The SMILES string of the molecule is C[n+]1cc(C2CC2)nc2c(C(=O)NC(CCC=O)C(C)(C)O)c[nH]c21. The standard InChI is InChI=1S/C18H24N4O3/c1-18(2,25)14(5-4-8-23)21-17(24)12-9-19-16-15(12)20-13(10-22(16)3)11-6-7-11/h8-11,14,25H,4-7H2,1-3H3,(H,21,24)/p+1. The number of aliphatic hydroxyl groups is 1. The van der Waals surface area contributed by atoms with Gasteiger partial charge in [0.05, 0.1) is 24.4 Å². The second-order valence-electron chi connectivity index (χ2n) is 7.37. The van der Waals surface area contributed by atoms with E-state index < -0.39 is 11.6 Å². The molecule has 2 heterocycles. The summed E-state index contributed by atoms with van der Waals surface area (Å²) in [5.41, 5.74) is 1.75. The molecule has 0 spiro atoms. The Morgan fingerprint density at radius 1 is 1.56 bits per heavy atom. The maximum absolute atomic E-state index is 12.8. The van der Waals surface area contributed by atoms with Gasteiger partial charge in [0.1, 0.15) is 24.2 Å². The molecule has 25 heavy (non-hydrogen) atoms. The minimum atomic E-state index is -1.12. The number of rotatable bonds is 7. The normalized spacial score (nSPS) is 16.0. The van der Waals surface area contributed by atoms with Crippen LogP contribution >= 0.6 is 0 Å². The zero-order chi connectivity index (χ0) is 18.2. The molecule has 1 amide bonds. The van der Waals surface area contributed by atoms with Gasteiger partial charge in [-0.15, -0.1) is 0 Å². The number of aldehydes is 1. The van der Waals surface area contributed by atoms with Gasteiger partial charge < -0.3 is 15.2 Å². The van der Waals surface area contributed by atoms with Crippen LogP contribution < -0.4 is 9.88 Å². The molecule has 1 fully saturated rings. The Labute approximate surface area is 146 Å². The van der Waals surface area contributed by atoms with Crippen molar-refractivity contribution in [2.75, 3.05) is 0 Å². The summed E-state index contributed by atoms with van der Waals surface area (Å²) in [6.45, 7) is 3.25. The van der Waals surface area contributed by atoms with Crippen LogP contribution in [0.4, 0.5) is 0 Å². The number of H-pyrrole nitrogens is 1. The highest BCUT2D eigenvalue weighted by atomic mass is 16.3. The highest BCUT2D eigenvalue weighted by Crippen LogP contribution is 2.38. The summed E-state index contributed by atoms with van der Waals surface area (Å²) in [5.74, 6) is 0.183. The van der Waals surface area contributed by atoms with Crippen molar-refractivity contribution in [1.29, 1.82) is 0 Å². The van der Waals surface area contributed by atoms with Gasteiger partial charge in [-0.2, -0.15) is 0 Å². The minimum absolute atomic E-state index is 0.280. The number of hydrogen-bond acceptors (Lipinski definition) is 4. The van der Waals surface area contributed by atoms with Crippen LogP contribution in [0.25, 0.3) is 11.2 Å². The van der Waals surface area contributed by atoms with Crippen LogP contribution in [0.15, 0.2) is 12.4 Å². The van der Waals surface area contributed by atoms with E-state index in [2.05, 4.69) is 15.3 Å². The molecule has 0 saturated heterocycles. The molecular weight excluding hydrogens is 320 g/mol. The summed E-state index contributed by atoms with van der Waals surface area (Å²) in [5, 5.41) is 13.1. The lowest BCUT2D eigenvalue weighted by Crippen LogP contribution is -2.49. The summed E-state index contributed by atoms with van der Waals surface area (Å²) >= 11 is 0. The van der Waals surface area contributed by atoms with Crippen molar-refractivity contribution < 1.29 is 19.3 Å². The van der Waals surface area contributed by atoms with Crippen molar-refractivity contribution in [2.45, 2.75) is 57.1 Å². The maximum atomic E-state index is 12.8. The van der Waals surface area contributed by atoms with Crippen LogP contribution in [0.5, 0.6) is 0 Å². The number of aromatic nitrogens is 3. The second kappa shape index (κ2) is 6.55. The average Bonchev–Trinajstić information content (AvgIpc) is 3.29. The van der Waals surface area contributed by atoms with Crippen molar-refractivity contribution in [2.24, 2.45) is 7.05 Å². The molecule has 0 radical (unpaired) electrons. The van der Waals surface area contributed by atoms with Gasteiger partial charge in [0.25, 0.3) is 5.91 Å². The molecule has 0 aromatic carbocycles. The lowest BCUT2D eigenvalue weighted by Gasteiger charge is -2.29. The van der Waals surface area contributed by atoms with E-state index >= 15 is 0 Å². The zero-order valence-electron chi connectivity index (χ0n) is 14.9. The van der Waals surface area contributed by atoms with Crippen LogP contribution in [0.2, 0.25) is 0 Å². The third-order valence-corrected chi connectivity index (χ3v) is 4.72. The molecule has 1 saturated carbocycles. The summed E-state index contributed by atoms with van der Waals surface area (Å²) in [4.78, 5) is 31.2. The monoisotopic (exact) mass is 345 g/mol. The van der Waals surface area contributed by atoms with E-state index in [-0.39, 0.29) is 12.3 Å². The number of fused-ring (bicyclic) bond motifs is 1. The van der Waals surface area contributed by atoms with E-state index in [0.717, 1.165) is 30.5 Å². The molecule has 3 rings (SSSR count). The second-order valence-corrected chi connectivity index (χ2v) is 7.37. The Morgan fingerprint density at radius 2 is 2.28 bits per heavy atom. The predicted molar refractivity (Wildman–Crippen MR) is 92.1 cm³/mol. The first-order chi connectivity index (χ1) is 11.8. The average molecular weight is 345 g/mol. The van der Waals surface area contributed by atoms with Crippen LogP contribution in [0.3, 0.4) is 0 Å². The molecule has 7 heteroatoms. The van der Waals surface area contributed by atoms with Gasteiger partial charge in [-0.1, -0.05) is 0 Å². The zero-order valence-corrected chi connectivity index (χ0v) is 14.9. The molecule has 1 unspecified atom stereocenters. The first-order valence-electron chi connectivity index (χ1n) is 8.65. The van der Waals surface area contributed by atoms with Crippen molar-refractivity contribution in [3.05, 3.63) is 23.7 Å². The molecule has 134 valence electrons. The summed E-state index contributed by atoms with van der Waals surface area (Å²) in [7, 11) is 1.93. The fourth-order valence-corrected chi connectivity index (χ4v) is 3.03. The molecule has 3 N–H and O–H groups in total. The Kier molecular flexibility index (Phi) is 4.60. The van der Waals surface area contributed by atoms with Gasteiger partial charge >= 0.3 is 5.65 Å². The topological polar surface area (TPSA) is 99.0 Å². The fourth-order valence-electron chi connectivity index (χ4n) is 3.03. The van der Waals surface area contributed by atoms with E-state index in [1.165, 1.54) is 0 Å². The number of amides is 1. The van der Waals surface area contributed by atoms with Gasteiger partial charge in [0.15, 0.2) is 5.52 Å². The third-order valence-electron chi connectivity index (χ3n) is 4.72. The molecule has 2 aromatic heterocycles. The third kappa shape index (κ3) is 3.71. The quantitative estimate of drug-likeness (QED) is 0.517. The Morgan fingerprint density at radius 3 is 2.88 bits per heavy atom. The first kappa shape index (κ1) is 17.5. The Balaban J connectivity index is 1.89. The van der Waals surface area contributed by atoms with Gasteiger partial charge in [0, 0.05) is 12.3 Å². The van der Waals surface area contributed by atoms with Crippen molar-refractivity contribution in [1.82, 2.24) is 15.3 Å². The van der Waals surface area contributed by atoms with E-state index in [9.17, 15) is 14.7 Å². The highest BCUT2D eigenvalue weighted by Gasteiger charge is 2.32. The van der Waals surface area contributed by atoms with Crippen LogP contribution in [0, 0.1) is 0 Å². The molecule has 1 aliphatic carbocycles. The molecule has 7 nitrogen and oxygen atoms in total. The smallest absolute Gasteiger partial charge is 0.306 e. The van der Waals surface area contributed by atoms with Gasteiger partial charge in [-0.05, 0) is 33.1 Å². The molecule has 0 aliphatic heterocycles. The lowest BCUT2D eigenvalue weighted by molar-refractivity contribution is -0.647. The predicted octanol–water partition coefficient (Wildman–Crippen LogP) is 1.11. The summed E-state index contributed by atoms with van der Waals surface area (Å²) in [6, 6.07) is -0.518. The Bertz CT molecular complexity index is 802. The van der Waals surface area contributed by atoms with E-state index in [4.69, 9.17) is 0 Å². The Hall–Kier alpha value is -2.28.